The molecule has 27 heavy (non-hydrogen) atoms. The number of rotatable bonds is 4. The lowest BCUT2D eigenvalue weighted by molar-refractivity contribution is 0.0923. The van der Waals surface area contributed by atoms with Gasteiger partial charge in [-0.05, 0) is 49.3 Å². The monoisotopic (exact) mass is 396 g/mol. The van der Waals surface area contributed by atoms with E-state index in [1.165, 1.54) is 16.4 Å². The van der Waals surface area contributed by atoms with E-state index < -0.39 is 21.7 Å². The van der Waals surface area contributed by atoms with Gasteiger partial charge in [-0.25, -0.2) is 12.8 Å². The zero-order chi connectivity index (χ0) is 19.6. The van der Waals surface area contributed by atoms with E-state index in [1.54, 1.807) is 0 Å². The summed E-state index contributed by atoms with van der Waals surface area (Å²) in [5.74, 6) is -0.671. The average Bonchev–Trinajstić information content (AvgIpc) is 2.62. The van der Waals surface area contributed by atoms with Gasteiger partial charge in [-0.1, -0.05) is 33.1 Å². The molecule has 0 unspecified atom stereocenters. The van der Waals surface area contributed by atoms with Crippen LogP contribution in [0.5, 0.6) is 0 Å². The summed E-state index contributed by atoms with van der Waals surface area (Å²) in [7, 11) is -3.75. The molecule has 1 N–H and O–H groups in total. The van der Waals surface area contributed by atoms with Gasteiger partial charge in [0.1, 0.15) is 5.82 Å². The van der Waals surface area contributed by atoms with Crippen LogP contribution in [0, 0.1) is 17.7 Å². The molecule has 1 amide bonds. The van der Waals surface area contributed by atoms with Crippen LogP contribution in [-0.2, 0) is 10.0 Å². The Balaban J connectivity index is 1.82. The van der Waals surface area contributed by atoms with Crippen molar-refractivity contribution in [3.8, 4) is 0 Å². The average molecular weight is 397 g/mol. The molecule has 1 aliphatic heterocycles. The Labute approximate surface area is 161 Å². The first kappa shape index (κ1) is 20.3. The van der Waals surface area contributed by atoms with Gasteiger partial charge in [0.05, 0.1) is 10.5 Å². The Morgan fingerprint density at radius 3 is 2.37 bits per heavy atom. The van der Waals surface area contributed by atoms with Gasteiger partial charge in [-0.2, -0.15) is 4.31 Å². The molecule has 0 radical (unpaired) electrons. The molecule has 2 atom stereocenters. The topological polar surface area (TPSA) is 66.5 Å². The third kappa shape index (κ3) is 4.69. The third-order valence-corrected chi connectivity index (χ3v) is 7.42. The molecule has 1 saturated heterocycles. The first-order chi connectivity index (χ1) is 12.8. The standard InChI is InChI=1S/C20H29FN2O3S/c1-14-10-15(2)13-23(12-14)27(25,26)17-8-9-19(21)18(11-17)20(24)22-16-6-4-3-5-7-16/h8-9,11,14-16H,3-7,10,12-13H2,1-2H3,(H,22,24)/t14-,15+. The minimum absolute atomic E-state index is 0.0148. The number of amides is 1. The smallest absolute Gasteiger partial charge is 0.254 e. The van der Waals surface area contributed by atoms with E-state index in [0.717, 1.165) is 44.6 Å². The molecule has 7 heteroatoms. The van der Waals surface area contributed by atoms with Crippen molar-refractivity contribution in [2.45, 2.75) is 63.3 Å². The molecule has 1 saturated carbocycles. The zero-order valence-corrected chi connectivity index (χ0v) is 16.9. The maximum absolute atomic E-state index is 14.3. The predicted octanol–water partition coefficient (Wildman–Crippen LogP) is 3.55. The van der Waals surface area contributed by atoms with Crippen LogP contribution < -0.4 is 5.32 Å². The Hall–Kier alpha value is -1.47. The van der Waals surface area contributed by atoms with Crippen LogP contribution in [0.2, 0.25) is 0 Å². The summed E-state index contributed by atoms with van der Waals surface area (Å²) in [6.07, 6.45) is 6.01. The van der Waals surface area contributed by atoms with Crippen LogP contribution in [-0.4, -0.2) is 37.8 Å². The van der Waals surface area contributed by atoms with Crippen LogP contribution in [0.4, 0.5) is 4.39 Å². The lowest BCUT2D eigenvalue weighted by Gasteiger charge is -2.34. The number of carbonyl (C=O) groups excluding carboxylic acids is 1. The molecule has 1 aromatic rings. The zero-order valence-electron chi connectivity index (χ0n) is 16.1. The first-order valence-corrected chi connectivity index (χ1v) is 11.3. The van der Waals surface area contributed by atoms with Crippen LogP contribution >= 0.6 is 0 Å². The van der Waals surface area contributed by atoms with E-state index in [1.807, 2.05) is 13.8 Å². The molecule has 1 heterocycles. The number of halogens is 1. The summed E-state index contributed by atoms with van der Waals surface area (Å²) >= 11 is 0. The molecule has 2 aliphatic rings. The summed E-state index contributed by atoms with van der Waals surface area (Å²) < 4.78 is 41.8. The molecular weight excluding hydrogens is 367 g/mol. The summed E-state index contributed by atoms with van der Waals surface area (Å²) in [4.78, 5) is 12.5. The first-order valence-electron chi connectivity index (χ1n) is 9.88. The van der Waals surface area contributed by atoms with Crippen LogP contribution in [0.3, 0.4) is 0 Å². The van der Waals surface area contributed by atoms with Gasteiger partial charge in [0.25, 0.3) is 5.91 Å². The van der Waals surface area contributed by atoms with E-state index in [2.05, 4.69) is 5.32 Å². The van der Waals surface area contributed by atoms with Crippen molar-refractivity contribution in [3.05, 3.63) is 29.6 Å². The fourth-order valence-electron chi connectivity index (χ4n) is 4.30. The Morgan fingerprint density at radius 1 is 1.11 bits per heavy atom. The number of hydrogen-bond donors (Lipinski definition) is 1. The number of hydrogen-bond acceptors (Lipinski definition) is 3. The maximum Gasteiger partial charge on any atom is 0.254 e. The van der Waals surface area contributed by atoms with Crippen molar-refractivity contribution < 1.29 is 17.6 Å². The summed E-state index contributed by atoms with van der Waals surface area (Å²) in [6.45, 7) is 4.97. The minimum atomic E-state index is -3.75. The summed E-state index contributed by atoms with van der Waals surface area (Å²) in [6, 6.07) is 3.56. The highest BCUT2D eigenvalue weighted by molar-refractivity contribution is 7.89. The molecule has 3 rings (SSSR count). The van der Waals surface area contributed by atoms with Crippen molar-refractivity contribution >= 4 is 15.9 Å². The molecule has 1 aromatic carbocycles. The Morgan fingerprint density at radius 2 is 1.74 bits per heavy atom. The number of nitrogens with zero attached hydrogens (tertiary/aromatic N) is 1. The van der Waals surface area contributed by atoms with Crippen molar-refractivity contribution in [2.24, 2.45) is 11.8 Å². The van der Waals surface area contributed by atoms with Gasteiger partial charge in [0, 0.05) is 19.1 Å². The van der Waals surface area contributed by atoms with E-state index in [9.17, 15) is 17.6 Å². The van der Waals surface area contributed by atoms with Crippen LogP contribution in [0.1, 0.15) is 62.7 Å². The quantitative estimate of drug-likeness (QED) is 0.846. The highest BCUT2D eigenvalue weighted by Gasteiger charge is 2.32. The van der Waals surface area contributed by atoms with Gasteiger partial charge in [-0.15, -0.1) is 0 Å². The van der Waals surface area contributed by atoms with Gasteiger partial charge >= 0.3 is 0 Å². The second-order valence-electron chi connectivity index (χ2n) is 8.22. The maximum atomic E-state index is 14.3. The SMILES string of the molecule is C[C@@H]1C[C@H](C)CN(S(=O)(=O)c2ccc(F)c(C(=O)NC3CCCCC3)c2)C1. The van der Waals surface area contributed by atoms with Gasteiger partial charge < -0.3 is 5.32 Å². The Kier molecular flexibility index (Phi) is 6.21. The number of carbonyl (C=O) groups is 1. The number of nitrogens with one attached hydrogen (secondary N) is 1. The van der Waals surface area contributed by atoms with E-state index >= 15 is 0 Å². The fourth-order valence-corrected chi connectivity index (χ4v) is 6.01. The van der Waals surface area contributed by atoms with Crippen molar-refractivity contribution in [1.82, 2.24) is 9.62 Å². The van der Waals surface area contributed by atoms with Crippen molar-refractivity contribution in [1.29, 1.82) is 0 Å². The third-order valence-electron chi connectivity index (χ3n) is 5.60. The highest BCUT2D eigenvalue weighted by atomic mass is 32.2. The number of sulfonamides is 1. The molecular formula is C20H29FN2O3S. The Bertz CT molecular complexity index is 780. The van der Waals surface area contributed by atoms with Gasteiger partial charge in [0.15, 0.2) is 0 Å². The van der Waals surface area contributed by atoms with E-state index in [4.69, 9.17) is 0 Å². The summed E-state index contributed by atoms with van der Waals surface area (Å²) in [5.41, 5.74) is -0.195. The normalized spacial score (nSPS) is 25.3. The van der Waals surface area contributed by atoms with Crippen LogP contribution in [0.25, 0.3) is 0 Å². The largest absolute Gasteiger partial charge is 0.349 e. The van der Waals surface area contributed by atoms with Crippen LogP contribution in [0.15, 0.2) is 23.1 Å². The molecule has 150 valence electrons. The molecule has 0 aromatic heterocycles. The second-order valence-corrected chi connectivity index (χ2v) is 10.2. The van der Waals surface area contributed by atoms with E-state index in [0.29, 0.717) is 13.1 Å². The minimum Gasteiger partial charge on any atom is -0.349 e. The molecule has 5 nitrogen and oxygen atoms in total. The van der Waals surface area contributed by atoms with Gasteiger partial charge in [-0.3, -0.25) is 4.79 Å². The molecule has 0 spiro atoms. The lowest BCUT2D eigenvalue weighted by atomic mass is 9.94. The van der Waals surface area contributed by atoms with Gasteiger partial charge in [0.2, 0.25) is 10.0 Å². The number of benzene rings is 1. The molecule has 2 fully saturated rings. The lowest BCUT2D eigenvalue weighted by Crippen LogP contribution is -2.42. The molecule has 0 bridgehead atoms. The predicted molar refractivity (Wildman–Crippen MR) is 102 cm³/mol. The van der Waals surface area contributed by atoms with Crippen molar-refractivity contribution in [3.63, 3.8) is 0 Å². The second kappa shape index (κ2) is 8.27. The summed E-state index contributed by atoms with van der Waals surface area (Å²) in [5, 5.41) is 2.86. The number of piperidine rings is 1. The fraction of sp³-hybridized carbons (Fsp3) is 0.650. The van der Waals surface area contributed by atoms with Crippen molar-refractivity contribution in [2.75, 3.05) is 13.1 Å². The van der Waals surface area contributed by atoms with E-state index in [-0.39, 0.29) is 28.3 Å². The molecule has 1 aliphatic carbocycles. The highest BCUT2D eigenvalue weighted by Crippen LogP contribution is 2.27.